The minimum Gasteiger partial charge on any atom is -0.309 e. The molecule has 11 heavy (non-hydrogen) atoms. The van der Waals surface area contributed by atoms with Crippen LogP contribution < -0.4 is 5.56 Å². The Labute approximate surface area is 69.4 Å². The lowest BCUT2D eigenvalue weighted by molar-refractivity contribution is 0.875. The summed E-state index contributed by atoms with van der Waals surface area (Å²) in [6, 6.07) is 1.43. The number of hydrogen-bond acceptors (Lipinski definition) is 2. The summed E-state index contributed by atoms with van der Waals surface area (Å²) in [7, 11) is 0. The molecule has 1 rings (SSSR count). The van der Waals surface area contributed by atoms with E-state index in [1.54, 1.807) is 13.8 Å². The molecule has 4 heteroatoms. The second-order valence-electron chi connectivity index (χ2n) is 2.39. The van der Waals surface area contributed by atoms with Gasteiger partial charge in [0, 0.05) is 11.8 Å². The van der Waals surface area contributed by atoms with Crippen LogP contribution in [0.15, 0.2) is 10.9 Å². The third-order valence-corrected chi connectivity index (χ3v) is 1.47. The van der Waals surface area contributed by atoms with Crippen molar-refractivity contribution in [1.82, 2.24) is 9.97 Å². The molecule has 0 aliphatic carbocycles. The average Bonchev–Trinajstić information content (AvgIpc) is 1.85. The van der Waals surface area contributed by atoms with Crippen molar-refractivity contribution in [2.45, 2.75) is 19.2 Å². The highest BCUT2D eigenvalue weighted by Gasteiger charge is 2.03. The van der Waals surface area contributed by atoms with E-state index in [1.165, 1.54) is 6.07 Å². The molecule has 0 amide bonds. The van der Waals surface area contributed by atoms with E-state index in [2.05, 4.69) is 9.97 Å². The van der Waals surface area contributed by atoms with Gasteiger partial charge >= 0.3 is 0 Å². The number of H-pyrrole nitrogens is 1. The second-order valence-corrected chi connectivity index (χ2v) is 3.04. The minimum absolute atomic E-state index is 0.153. The third kappa shape index (κ3) is 2.05. The fourth-order valence-corrected chi connectivity index (χ4v) is 0.894. The van der Waals surface area contributed by atoms with E-state index in [0.29, 0.717) is 11.5 Å². The Bertz CT molecular complexity index is 306. The topological polar surface area (TPSA) is 45.8 Å². The molecule has 1 N–H and O–H groups in total. The van der Waals surface area contributed by atoms with Crippen molar-refractivity contribution in [2.24, 2.45) is 0 Å². The summed E-state index contributed by atoms with van der Waals surface area (Å²) in [5.41, 5.74) is 0.538. The van der Waals surface area contributed by atoms with Crippen LogP contribution >= 0.6 is 11.6 Å². The van der Waals surface area contributed by atoms with Crippen LogP contribution in [0.5, 0.6) is 0 Å². The van der Waals surface area contributed by atoms with Gasteiger partial charge in [0.2, 0.25) is 0 Å². The van der Waals surface area contributed by atoms with E-state index in [1.807, 2.05) is 0 Å². The number of rotatable bonds is 1. The Morgan fingerprint density at radius 3 is 2.82 bits per heavy atom. The van der Waals surface area contributed by atoms with E-state index < -0.39 is 0 Å². The Morgan fingerprint density at radius 2 is 2.36 bits per heavy atom. The van der Waals surface area contributed by atoms with E-state index in [9.17, 15) is 4.79 Å². The minimum atomic E-state index is -0.248. The fourth-order valence-electron chi connectivity index (χ4n) is 0.791. The average molecular weight is 173 g/mol. The summed E-state index contributed by atoms with van der Waals surface area (Å²) in [5, 5.41) is -0.248. The van der Waals surface area contributed by atoms with Crippen LogP contribution in [0, 0.1) is 6.92 Å². The molecule has 0 aliphatic rings. The number of aromatic amines is 1. The molecule has 3 nitrogen and oxygen atoms in total. The van der Waals surface area contributed by atoms with Gasteiger partial charge in [-0.3, -0.25) is 4.79 Å². The maximum atomic E-state index is 10.9. The Kier molecular flexibility index (Phi) is 2.29. The predicted molar refractivity (Wildman–Crippen MR) is 43.9 cm³/mol. The molecule has 0 saturated carbocycles. The summed E-state index contributed by atoms with van der Waals surface area (Å²) in [4.78, 5) is 17.5. The molecule has 1 aromatic heterocycles. The Hall–Kier alpha value is -0.830. The molecule has 1 atom stereocenters. The predicted octanol–water partition coefficient (Wildman–Crippen LogP) is 1.38. The maximum Gasteiger partial charge on any atom is 0.251 e. The molecule has 1 heterocycles. The standard InChI is InChI=1S/C7H9ClN2O/c1-4-3-6(11)10-7(9-4)5(2)8/h3,5H,1-2H3,(H,9,10,11). The highest BCUT2D eigenvalue weighted by molar-refractivity contribution is 6.20. The van der Waals surface area contributed by atoms with Crippen LogP contribution in [0.2, 0.25) is 0 Å². The lowest BCUT2D eigenvalue weighted by Gasteiger charge is -2.01. The molecule has 0 aliphatic heterocycles. The van der Waals surface area contributed by atoms with Crippen LogP contribution in [0.1, 0.15) is 23.8 Å². The SMILES string of the molecule is Cc1cc(=O)[nH]c(C(C)Cl)n1. The van der Waals surface area contributed by atoms with Gasteiger partial charge in [0.25, 0.3) is 5.56 Å². The van der Waals surface area contributed by atoms with Crippen LogP contribution in [0.3, 0.4) is 0 Å². The zero-order valence-electron chi connectivity index (χ0n) is 6.39. The van der Waals surface area contributed by atoms with E-state index in [-0.39, 0.29) is 10.9 Å². The molecule has 1 unspecified atom stereocenters. The van der Waals surface area contributed by atoms with Crippen LogP contribution in [-0.4, -0.2) is 9.97 Å². The molecule has 0 fully saturated rings. The maximum absolute atomic E-state index is 10.9. The molecular formula is C7H9ClN2O. The summed E-state index contributed by atoms with van der Waals surface area (Å²) in [6.07, 6.45) is 0. The van der Waals surface area contributed by atoms with E-state index in [4.69, 9.17) is 11.6 Å². The largest absolute Gasteiger partial charge is 0.309 e. The number of nitrogens with zero attached hydrogens (tertiary/aromatic N) is 1. The highest BCUT2D eigenvalue weighted by Crippen LogP contribution is 2.12. The number of nitrogens with one attached hydrogen (secondary N) is 1. The van der Waals surface area contributed by atoms with Gasteiger partial charge in [0.15, 0.2) is 0 Å². The molecule has 1 aromatic rings. The van der Waals surface area contributed by atoms with Crippen LogP contribution in [-0.2, 0) is 0 Å². The number of hydrogen-bond donors (Lipinski definition) is 1. The summed E-state index contributed by atoms with van der Waals surface area (Å²) in [5.74, 6) is 0.525. The molecule has 0 radical (unpaired) electrons. The molecule has 0 spiro atoms. The molecule has 0 aromatic carbocycles. The smallest absolute Gasteiger partial charge is 0.251 e. The molecular weight excluding hydrogens is 164 g/mol. The number of aromatic nitrogens is 2. The normalized spacial score (nSPS) is 13.0. The van der Waals surface area contributed by atoms with Gasteiger partial charge in [0.05, 0.1) is 5.38 Å². The van der Waals surface area contributed by atoms with E-state index >= 15 is 0 Å². The summed E-state index contributed by atoms with van der Waals surface area (Å²) >= 11 is 5.71. The van der Waals surface area contributed by atoms with Gasteiger partial charge in [-0.05, 0) is 13.8 Å². The van der Waals surface area contributed by atoms with Crippen molar-refractivity contribution in [2.75, 3.05) is 0 Å². The fraction of sp³-hybridized carbons (Fsp3) is 0.429. The Balaban J connectivity index is 3.19. The van der Waals surface area contributed by atoms with Crippen molar-refractivity contribution in [1.29, 1.82) is 0 Å². The van der Waals surface area contributed by atoms with Gasteiger partial charge in [-0.2, -0.15) is 0 Å². The first kappa shape index (κ1) is 8.27. The van der Waals surface area contributed by atoms with E-state index in [0.717, 1.165) is 0 Å². The Morgan fingerprint density at radius 1 is 1.73 bits per heavy atom. The third-order valence-electron chi connectivity index (χ3n) is 1.26. The highest BCUT2D eigenvalue weighted by atomic mass is 35.5. The van der Waals surface area contributed by atoms with Crippen molar-refractivity contribution in [3.8, 4) is 0 Å². The summed E-state index contributed by atoms with van der Waals surface area (Å²) in [6.45, 7) is 3.53. The summed E-state index contributed by atoms with van der Waals surface area (Å²) < 4.78 is 0. The van der Waals surface area contributed by atoms with Crippen molar-refractivity contribution < 1.29 is 0 Å². The van der Waals surface area contributed by atoms with Gasteiger partial charge in [0.1, 0.15) is 5.82 Å². The van der Waals surface area contributed by atoms with Crippen molar-refractivity contribution in [3.05, 3.63) is 27.9 Å². The van der Waals surface area contributed by atoms with Gasteiger partial charge < -0.3 is 4.98 Å². The quantitative estimate of drug-likeness (QED) is 0.651. The second kappa shape index (κ2) is 3.05. The molecule has 60 valence electrons. The number of aryl methyl sites for hydroxylation is 1. The zero-order chi connectivity index (χ0) is 8.43. The number of alkyl halides is 1. The van der Waals surface area contributed by atoms with Crippen molar-refractivity contribution in [3.63, 3.8) is 0 Å². The van der Waals surface area contributed by atoms with Crippen LogP contribution in [0.4, 0.5) is 0 Å². The first-order chi connectivity index (χ1) is 5.09. The molecule has 0 saturated heterocycles. The first-order valence-electron chi connectivity index (χ1n) is 3.31. The first-order valence-corrected chi connectivity index (χ1v) is 3.75. The lowest BCUT2D eigenvalue weighted by Crippen LogP contribution is -2.11. The number of halogens is 1. The zero-order valence-corrected chi connectivity index (χ0v) is 7.14. The lowest BCUT2D eigenvalue weighted by atomic mass is 10.4. The van der Waals surface area contributed by atoms with Gasteiger partial charge in [-0.15, -0.1) is 11.6 Å². The van der Waals surface area contributed by atoms with Crippen LogP contribution in [0.25, 0.3) is 0 Å². The van der Waals surface area contributed by atoms with Gasteiger partial charge in [-0.1, -0.05) is 0 Å². The monoisotopic (exact) mass is 172 g/mol. The van der Waals surface area contributed by atoms with Gasteiger partial charge in [-0.25, -0.2) is 4.98 Å². The van der Waals surface area contributed by atoms with Crippen molar-refractivity contribution >= 4 is 11.6 Å². The molecule has 0 bridgehead atoms.